The Balaban J connectivity index is 1.84. The average Bonchev–Trinajstić information content (AvgIpc) is 3.20. The van der Waals surface area contributed by atoms with Crippen molar-refractivity contribution in [1.29, 1.82) is 0 Å². The molecule has 0 radical (unpaired) electrons. The van der Waals surface area contributed by atoms with Gasteiger partial charge < -0.3 is 4.74 Å². The summed E-state index contributed by atoms with van der Waals surface area (Å²) in [5.74, 6) is 1.09. The Morgan fingerprint density at radius 1 is 1.03 bits per heavy atom. The molecular weight excluding hydrogens is 483 g/mol. The third-order valence-electron chi connectivity index (χ3n) is 5.40. The normalized spacial score (nSPS) is 12.4. The largest absolute Gasteiger partial charge is 0.497 e. The molecule has 0 aliphatic rings. The molecule has 4 aromatic rings. The topological polar surface area (TPSA) is 90.2 Å². The molecule has 0 bridgehead atoms. The number of fused-ring (bicyclic) bond motifs is 1. The Kier molecular flexibility index (Phi) is 6.52. The monoisotopic (exact) mass is 505 g/mol. The van der Waals surface area contributed by atoms with Crippen LogP contribution in [-0.2, 0) is 29.0 Å². The van der Waals surface area contributed by atoms with Crippen LogP contribution in [0.3, 0.4) is 0 Å². The molecule has 0 saturated heterocycles. The Morgan fingerprint density at radius 3 is 2.49 bits per heavy atom. The number of halogens is 3. The molecule has 0 aliphatic heterocycles. The lowest BCUT2D eigenvalue weighted by atomic mass is 10.1. The number of sulfonamides is 1. The van der Waals surface area contributed by atoms with Crippen molar-refractivity contribution in [3.8, 4) is 11.4 Å². The fourth-order valence-electron chi connectivity index (χ4n) is 3.66. The molecule has 0 saturated carbocycles. The molecule has 3 heterocycles. The molecule has 0 unspecified atom stereocenters. The Bertz CT molecular complexity index is 1480. The van der Waals surface area contributed by atoms with Gasteiger partial charge in [0.25, 0.3) is 0 Å². The molecule has 0 N–H and O–H groups in total. The summed E-state index contributed by atoms with van der Waals surface area (Å²) in [6.07, 6.45) is -0.986. The molecule has 8 nitrogen and oxygen atoms in total. The van der Waals surface area contributed by atoms with Gasteiger partial charge in [-0.15, -0.1) is 0 Å². The van der Waals surface area contributed by atoms with E-state index in [2.05, 4.69) is 15.0 Å². The number of methoxy groups -OCH3 is 1. The molecule has 184 valence electrons. The van der Waals surface area contributed by atoms with Gasteiger partial charge in [-0.1, -0.05) is 0 Å². The number of benzene rings is 1. The van der Waals surface area contributed by atoms with Crippen molar-refractivity contribution in [3.05, 3.63) is 71.9 Å². The van der Waals surface area contributed by atoms with E-state index in [9.17, 15) is 21.6 Å². The third kappa shape index (κ3) is 4.84. The SMILES string of the molecule is COc1ccnc(CCc2nc3cccnc3n2-c2ccc(S(=O)(=O)N(C)C)c(C(F)(F)F)c2)c1. The van der Waals surface area contributed by atoms with E-state index < -0.39 is 26.7 Å². The van der Waals surface area contributed by atoms with Gasteiger partial charge in [-0.05, 0) is 42.8 Å². The highest BCUT2D eigenvalue weighted by molar-refractivity contribution is 7.89. The Hall–Kier alpha value is -3.51. The summed E-state index contributed by atoms with van der Waals surface area (Å²) in [6, 6.07) is 9.99. The van der Waals surface area contributed by atoms with Crippen LogP contribution in [0.5, 0.6) is 5.75 Å². The van der Waals surface area contributed by atoms with Gasteiger partial charge in [0, 0.05) is 50.4 Å². The molecule has 4 rings (SSSR count). The fourth-order valence-corrected chi connectivity index (χ4v) is 4.74. The highest BCUT2D eigenvalue weighted by Crippen LogP contribution is 2.37. The lowest BCUT2D eigenvalue weighted by Gasteiger charge is -2.19. The minimum Gasteiger partial charge on any atom is -0.497 e. The molecule has 0 atom stereocenters. The number of hydrogen-bond donors (Lipinski definition) is 0. The predicted molar refractivity (Wildman–Crippen MR) is 123 cm³/mol. The number of aromatic nitrogens is 4. The lowest BCUT2D eigenvalue weighted by Crippen LogP contribution is -2.25. The maximum Gasteiger partial charge on any atom is 0.417 e. The van der Waals surface area contributed by atoms with Crippen LogP contribution < -0.4 is 4.74 Å². The van der Waals surface area contributed by atoms with Crippen LogP contribution in [0.15, 0.2) is 59.8 Å². The summed E-state index contributed by atoms with van der Waals surface area (Å²) in [5, 5.41) is 0. The number of nitrogens with zero attached hydrogens (tertiary/aromatic N) is 5. The second-order valence-electron chi connectivity index (χ2n) is 7.86. The maximum absolute atomic E-state index is 14.0. The van der Waals surface area contributed by atoms with Gasteiger partial charge in [0.05, 0.1) is 17.6 Å². The first-order valence-electron chi connectivity index (χ1n) is 10.5. The molecule has 0 amide bonds. The second-order valence-corrected chi connectivity index (χ2v) is 9.98. The highest BCUT2D eigenvalue weighted by atomic mass is 32.2. The number of imidazole rings is 1. The molecule has 0 fully saturated rings. The van der Waals surface area contributed by atoms with Crippen LogP contribution in [0.1, 0.15) is 17.1 Å². The molecule has 35 heavy (non-hydrogen) atoms. The van der Waals surface area contributed by atoms with E-state index in [1.54, 1.807) is 37.6 Å². The summed E-state index contributed by atoms with van der Waals surface area (Å²) >= 11 is 0. The van der Waals surface area contributed by atoms with Gasteiger partial charge in [-0.2, -0.15) is 13.2 Å². The van der Waals surface area contributed by atoms with Gasteiger partial charge >= 0.3 is 6.18 Å². The zero-order chi connectivity index (χ0) is 25.4. The third-order valence-corrected chi connectivity index (χ3v) is 7.27. The van der Waals surface area contributed by atoms with E-state index in [4.69, 9.17) is 4.74 Å². The number of ether oxygens (including phenoxy) is 1. The van der Waals surface area contributed by atoms with E-state index in [0.29, 0.717) is 35.6 Å². The van der Waals surface area contributed by atoms with Crippen LogP contribution in [0, 0.1) is 0 Å². The second kappa shape index (κ2) is 9.27. The van der Waals surface area contributed by atoms with Crippen molar-refractivity contribution >= 4 is 21.2 Å². The van der Waals surface area contributed by atoms with Crippen molar-refractivity contribution < 1.29 is 26.3 Å². The smallest absolute Gasteiger partial charge is 0.417 e. The van der Waals surface area contributed by atoms with Crippen LogP contribution >= 0.6 is 0 Å². The molecule has 1 aromatic carbocycles. The predicted octanol–water partition coefficient (Wildman–Crippen LogP) is 3.88. The van der Waals surface area contributed by atoms with Crippen LogP contribution in [0.4, 0.5) is 13.2 Å². The first-order chi connectivity index (χ1) is 16.5. The van der Waals surface area contributed by atoms with Gasteiger partial charge in [-0.25, -0.2) is 22.7 Å². The first-order valence-corrected chi connectivity index (χ1v) is 11.9. The van der Waals surface area contributed by atoms with E-state index in [0.717, 1.165) is 22.1 Å². The molecule has 0 aliphatic carbocycles. The molecular formula is C23H22F3N5O3S. The van der Waals surface area contributed by atoms with Crippen molar-refractivity contribution in [1.82, 2.24) is 23.8 Å². The zero-order valence-corrected chi connectivity index (χ0v) is 19.9. The Labute approximate surface area is 200 Å². The van der Waals surface area contributed by atoms with E-state index >= 15 is 0 Å². The van der Waals surface area contributed by atoms with E-state index in [1.165, 1.54) is 30.9 Å². The lowest BCUT2D eigenvalue weighted by molar-refractivity contribution is -0.139. The summed E-state index contributed by atoms with van der Waals surface area (Å²) < 4.78 is 74.5. The standard InChI is InChI=1S/C23H22F3N5O3S/c1-30(2)35(32,33)20-8-7-16(14-18(20)23(24,25)26)31-21(29-19-5-4-11-28-22(19)31)9-6-15-13-17(34-3)10-12-27-15/h4-5,7-8,10-14H,6,9H2,1-3H3. The van der Waals surface area contributed by atoms with E-state index in [1.807, 2.05) is 0 Å². The fraction of sp³-hybridized carbons (Fsp3) is 0.261. The molecule has 12 heteroatoms. The minimum absolute atomic E-state index is 0.102. The number of pyridine rings is 2. The summed E-state index contributed by atoms with van der Waals surface area (Å²) in [4.78, 5) is 12.4. The van der Waals surface area contributed by atoms with Crippen LogP contribution in [-0.4, -0.2) is 53.4 Å². The zero-order valence-electron chi connectivity index (χ0n) is 19.1. The number of hydrogen-bond acceptors (Lipinski definition) is 6. The van der Waals surface area contributed by atoms with Crippen molar-refractivity contribution in [2.75, 3.05) is 21.2 Å². The number of alkyl halides is 3. The van der Waals surface area contributed by atoms with Crippen LogP contribution in [0.2, 0.25) is 0 Å². The van der Waals surface area contributed by atoms with Gasteiger partial charge in [0.15, 0.2) is 5.65 Å². The van der Waals surface area contributed by atoms with Gasteiger partial charge in [0.1, 0.15) is 17.1 Å². The summed E-state index contributed by atoms with van der Waals surface area (Å²) in [6.45, 7) is 0. The van der Waals surface area contributed by atoms with Gasteiger partial charge in [-0.3, -0.25) is 9.55 Å². The quantitative estimate of drug-likeness (QED) is 0.379. The Morgan fingerprint density at radius 2 is 1.80 bits per heavy atom. The van der Waals surface area contributed by atoms with Gasteiger partial charge in [0.2, 0.25) is 10.0 Å². The maximum atomic E-state index is 14.0. The molecule has 0 spiro atoms. The van der Waals surface area contributed by atoms with Crippen molar-refractivity contribution in [3.63, 3.8) is 0 Å². The van der Waals surface area contributed by atoms with Crippen LogP contribution in [0.25, 0.3) is 16.9 Å². The summed E-state index contributed by atoms with van der Waals surface area (Å²) in [5.41, 5.74) is 0.420. The highest BCUT2D eigenvalue weighted by Gasteiger charge is 2.38. The first kappa shape index (κ1) is 24.6. The minimum atomic E-state index is -4.90. The van der Waals surface area contributed by atoms with Crippen molar-refractivity contribution in [2.24, 2.45) is 0 Å². The number of rotatable bonds is 7. The average molecular weight is 506 g/mol. The van der Waals surface area contributed by atoms with E-state index in [-0.39, 0.29) is 5.69 Å². The number of aryl methyl sites for hydroxylation is 2. The summed E-state index contributed by atoms with van der Waals surface area (Å²) in [7, 11) is -0.421. The van der Waals surface area contributed by atoms with Crippen molar-refractivity contribution in [2.45, 2.75) is 23.9 Å². The molecule has 3 aromatic heterocycles.